The summed E-state index contributed by atoms with van der Waals surface area (Å²) in [4.78, 5) is 27.3. The summed E-state index contributed by atoms with van der Waals surface area (Å²) in [7, 11) is 0. The summed E-state index contributed by atoms with van der Waals surface area (Å²) < 4.78 is 24.7. The topological polar surface area (TPSA) is 71.1 Å². The van der Waals surface area contributed by atoms with Crippen LogP contribution in [0.3, 0.4) is 0 Å². The lowest BCUT2D eigenvalue weighted by molar-refractivity contribution is 0.0816. The Labute approximate surface area is 318 Å². The van der Waals surface area contributed by atoms with E-state index in [9.17, 15) is 9.59 Å². The van der Waals surface area contributed by atoms with Crippen LogP contribution in [0.4, 0.5) is 0 Å². The fourth-order valence-corrected chi connectivity index (χ4v) is 6.28. The molecular weight excluding hydrogens is 649 g/mol. The summed E-state index contributed by atoms with van der Waals surface area (Å²) in [5, 5.41) is 0. The molecule has 0 N–H and O–H groups in total. The van der Waals surface area contributed by atoms with E-state index in [0.29, 0.717) is 60.6 Å². The van der Waals surface area contributed by atoms with Gasteiger partial charge in [-0.2, -0.15) is 0 Å². The number of Topliss-reactive ketones (excluding diaryl/α,β-unsaturated/α-hetero) is 2. The van der Waals surface area contributed by atoms with Gasteiger partial charge in [-0.3, -0.25) is 9.59 Å². The van der Waals surface area contributed by atoms with Gasteiger partial charge in [0.05, 0.1) is 26.4 Å². The number of carbonyl (C=O) groups excluding carboxylic acids is 2. The summed E-state index contributed by atoms with van der Waals surface area (Å²) in [6.45, 7) is 11.2. The molecule has 0 saturated carbocycles. The van der Waals surface area contributed by atoms with Crippen LogP contribution in [0.5, 0.6) is 23.0 Å². The van der Waals surface area contributed by atoms with Crippen LogP contribution < -0.4 is 18.9 Å². The van der Waals surface area contributed by atoms with Crippen molar-refractivity contribution >= 4 is 11.6 Å². The average Bonchev–Trinajstić information content (AvgIpc) is 3.16. The zero-order valence-electron chi connectivity index (χ0n) is 33.7. The summed E-state index contributed by atoms with van der Waals surface area (Å²) in [5.74, 6) is 1.16. The molecular formula is C46H74O6. The lowest BCUT2D eigenvalue weighted by Crippen LogP contribution is -2.15. The first-order chi connectivity index (χ1) is 25.5. The Morgan fingerprint density at radius 3 is 0.885 bits per heavy atom. The van der Waals surface area contributed by atoms with E-state index in [0.717, 1.165) is 51.4 Å². The molecule has 6 heteroatoms. The summed E-state index contributed by atoms with van der Waals surface area (Å²) in [5.41, 5.74) is 0.598. The summed E-state index contributed by atoms with van der Waals surface area (Å²) in [6, 6.07) is 10.3. The van der Waals surface area contributed by atoms with E-state index in [-0.39, 0.29) is 0 Å². The zero-order chi connectivity index (χ0) is 37.5. The third-order valence-electron chi connectivity index (χ3n) is 9.64. The average molecular weight is 723 g/mol. The van der Waals surface area contributed by atoms with Gasteiger partial charge in [0.1, 0.15) is 0 Å². The van der Waals surface area contributed by atoms with Crippen molar-refractivity contribution < 1.29 is 28.5 Å². The molecule has 0 aliphatic heterocycles. The molecule has 0 aliphatic rings. The first kappa shape index (κ1) is 45.1. The minimum Gasteiger partial charge on any atom is -0.490 e. The lowest BCUT2D eigenvalue weighted by atomic mass is 10.0. The van der Waals surface area contributed by atoms with Gasteiger partial charge in [0.2, 0.25) is 11.6 Å². The molecule has 0 atom stereocenters. The molecule has 294 valence electrons. The summed E-state index contributed by atoms with van der Waals surface area (Å²) in [6.07, 6.45) is 28.1. The SMILES string of the molecule is CCCCCCCCOc1ccc(C(=O)C(=O)c2ccc(OCCCCCCCC)c(OCCCCCCCC)c2)cc1OCCCCCCCC. The van der Waals surface area contributed by atoms with E-state index in [1.807, 2.05) is 0 Å². The molecule has 0 aromatic heterocycles. The smallest absolute Gasteiger partial charge is 0.233 e. The van der Waals surface area contributed by atoms with Crippen molar-refractivity contribution in [1.82, 2.24) is 0 Å². The molecule has 0 bridgehead atoms. The van der Waals surface area contributed by atoms with Gasteiger partial charge in [-0.15, -0.1) is 0 Å². The minimum absolute atomic E-state index is 0.299. The highest BCUT2D eigenvalue weighted by Crippen LogP contribution is 2.32. The molecule has 0 heterocycles. The summed E-state index contributed by atoms with van der Waals surface area (Å²) >= 11 is 0. The van der Waals surface area contributed by atoms with Gasteiger partial charge in [0.15, 0.2) is 23.0 Å². The van der Waals surface area contributed by atoms with Crippen molar-refractivity contribution in [3.8, 4) is 23.0 Å². The van der Waals surface area contributed by atoms with E-state index in [1.54, 1.807) is 36.4 Å². The first-order valence-corrected chi connectivity index (χ1v) is 21.4. The van der Waals surface area contributed by atoms with Crippen LogP contribution in [0.2, 0.25) is 0 Å². The van der Waals surface area contributed by atoms with Crippen LogP contribution in [0.25, 0.3) is 0 Å². The predicted octanol–water partition coefficient (Wildman–Crippen LogP) is 13.7. The van der Waals surface area contributed by atoms with Gasteiger partial charge in [0.25, 0.3) is 0 Å². The van der Waals surface area contributed by atoms with Gasteiger partial charge in [0, 0.05) is 11.1 Å². The Kier molecular flexibility index (Phi) is 26.4. The number of benzene rings is 2. The highest BCUT2D eigenvalue weighted by atomic mass is 16.5. The molecule has 0 amide bonds. The Bertz CT molecular complexity index is 1110. The Hall–Kier alpha value is -3.02. The van der Waals surface area contributed by atoms with Crippen molar-refractivity contribution in [2.75, 3.05) is 26.4 Å². The van der Waals surface area contributed by atoms with Gasteiger partial charge >= 0.3 is 0 Å². The van der Waals surface area contributed by atoms with Crippen LogP contribution in [-0.4, -0.2) is 38.0 Å². The largest absolute Gasteiger partial charge is 0.490 e. The van der Waals surface area contributed by atoms with E-state index >= 15 is 0 Å². The van der Waals surface area contributed by atoms with E-state index in [1.165, 1.54) is 103 Å². The number of carbonyl (C=O) groups is 2. The second kappa shape index (κ2) is 30.4. The number of ether oxygens (including phenoxy) is 4. The number of hydrogen-bond acceptors (Lipinski definition) is 6. The molecule has 0 spiro atoms. The van der Waals surface area contributed by atoms with Crippen LogP contribution in [-0.2, 0) is 0 Å². The maximum absolute atomic E-state index is 13.7. The first-order valence-electron chi connectivity index (χ1n) is 21.4. The Morgan fingerprint density at radius 2 is 0.596 bits per heavy atom. The van der Waals surface area contributed by atoms with Crippen LogP contribution in [0.1, 0.15) is 203 Å². The molecule has 0 fully saturated rings. The normalized spacial score (nSPS) is 11.1. The highest BCUT2D eigenvalue weighted by molar-refractivity contribution is 6.49. The third-order valence-corrected chi connectivity index (χ3v) is 9.64. The van der Waals surface area contributed by atoms with Crippen LogP contribution in [0.15, 0.2) is 36.4 Å². The maximum Gasteiger partial charge on any atom is 0.233 e. The van der Waals surface area contributed by atoms with Gasteiger partial charge in [-0.1, -0.05) is 156 Å². The Morgan fingerprint density at radius 1 is 0.346 bits per heavy atom. The quantitative estimate of drug-likeness (QED) is 0.0401. The van der Waals surface area contributed by atoms with Gasteiger partial charge < -0.3 is 18.9 Å². The second-order valence-electron chi connectivity index (χ2n) is 14.4. The molecule has 2 aromatic carbocycles. The molecule has 0 unspecified atom stereocenters. The third kappa shape index (κ3) is 19.7. The standard InChI is InChI=1S/C46H74O6/c1-5-9-13-17-21-25-33-49-41-31-29-39(37-43(41)51-35-27-23-19-15-11-7-3)45(47)46(48)40-30-32-42(50-34-26-22-18-14-10-6-2)44(38-40)52-36-28-24-20-16-12-8-4/h29-32,37-38H,5-28,33-36H2,1-4H3. The van der Waals surface area contributed by atoms with Crippen LogP contribution in [0, 0.1) is 0 Å². The number of ketones is 2. The van der Waals surface area contributed by atoms with Crippen molar-refractivity contribution in [3.05, 3.63) is 47.5 Å². The Balaban J connectivity index is 2.13. The van der Waals surface area contributed by atoms with Crippen LogP contribution >= 0.6 is 0 Å². The van der Waals surface area contributed by atoms with Gasteiger partial charge in [-0.05, 0) is 62.1 Å². The van der Waals surface area contributed by atoms with Crippen molar-refractivity contribution in [3.63, 3.8) is 0 Å². The van der Waals surface area contributed by atoms with Gasteiger partial charge in [-0.25, -0.2) is 0 Å². The molecule has 52 heavy (non-hydrogen) atoms. The molecule has 0 radical (unpaired) electrons. The molecule has 6 nitrogen and oxygen atoms in total. The molecule has 2 rings (SSSR count). The predicted molar refractivity (Wildman–Crippen MR) is 217 cm³/mol. The van der Waals surface area contributed by atoms with E-state index in [4.69, 9.17) is 18.9 Å². The fraction of sp³-hybridized carbons (Fsp3) is 0.696. The van der Waals surface area contributed by atoms with E-state index in [2.05, 4.69) is 27.7 Å². The number of unbranched alkanes of at least 4 members (excludes halogenated alkanes) is 20. The monoisotopic (exact) mass is 723 g/mol. The van der Waals surface area contributed by atoms with Crippen molar-refractivity contribution in [2.45, 2.75) is 182 Å². The minimum atomic E-state index is -0.575. The maximum atomic E-state index is 13.7. The van der Waals surface area contributed by atoms with E-state index < -0.39 is 11.6 Å². The number of hydrogen-bond donors (Lipinski definition) is 0. The molecule has 2 aromatic rings. The zero-order valence-corrected chi connectivity index (χ0v) is 33.7. The molecule has 0 aliphatic carbocycles. The lowest BCUT2D eigenvalue weighted by Gasteiger charge is -2.15. The molecule has 0 saturated heterocycles. The highest BCUT2D eigenvalue weighted by Gasteiger charge is 2.22. The van der Waals surface area contributed by atoms with Crippen molar-refractivity contribution in [2.24, 2.45) is 0 Å². The second-order valence-corrected chi connectivity index (χ2v) is 14.4. The number of rotatable bonds is 35. The fourth-order valence-electron chi connectivity index (χ4n) is 6.28. The van der Waals surface area contributed by atoms with Crippen molar-refractivity contribution in [1.29, 1.82) is 0 Å².